The Hall–Kier alpha value is -2.29. The SMILES string of the molecule is CCOc1ccccc1OC(=O)CCc1ccc(C(C)C)cc1. The van der Waals surface area contributed by atoms with Crippen molar-refractivity contribution in [3.63, 3.8) is 0 Å². The first-order valence-corrected chi connectivity index (χ1v) is 8.11. The molecule has 23 heavy (non-hydrogen) atoms. The van der Waals surface area contributed by atoms with Gasteiger partial charge in [-0.25, -0.2) is 0 Å². The van der Waals surface area contributed by atoms with Gasteiger partial charge in [0.25, 0.3) is 0 Å². The zero-order chi connectivity index (χ0) is 16.7. The first kappa shape index (κ1) is 17.1. The van der Waals surface area contributed by atoms with E-state index in [0.29, 0.717) is 36.9 Å². The molecule has 2 rings (SSSR count). The van der Waals surface area contributed by atoms with E-state index in [2.05, 4.69) is 38.1 Å². The number of carbonyl (C=O) groups is 1. The van der Waals surface area contributed by atoms with Gasteiger partial charge < -0.3 is 9.47 Å². The van der Waals surface area contributed by atoms with Crippen LogP contribution in [0.2, 0.25) is 0 Å². The Morgan fingerprint density at radius 2 is 1.65 bits per heavy atom. The summed E-state index contributed by atoms with van der Waals surface area (Å²) in [6.45, 7) is 6.78. The molecule has 0 saturated heterocycles. The highest BCUT2D eigenvalue weighted by atomic mass is 16.6. The topological polar surface area (TPSA) is 35.5 Å². The number of carbonyl (C=O) groups excluding carboxylic acids is 1. The van der Waals surface area contributed by atoms with Crippen LogP contribution in [-0.4, -0.2) is 12.6 Å². The maximum absolute atomic E-state index is 12.0. The standard InChI is InChI=1S/C20H24O3/c1-4-22-18-7-5-6-8-19(18)23-20(21)14-11-16-9-12-17(13-10-16)15(2)3/h5-10,12-13,15H,4,11,14H2,1-3H3. The van der Waals surface area contributed by atoms with E-state index in [4.69, 9.17) is 9.47 Å². The van der Waals surface area contributed by atoms with Crippen LogP contribution in [0.15, 0.2) is 48.5 Å². The van der Waals surface area contributed by atoms with E-state index >= 15 is 0 Å². The lowest BCUT2D eigenvalue weighted by Gasteiger charge is -2.10. The molecule has 0 N–H and O–H groups in total. The second-order valence-electron chi connectivity index (χ2n) is 5.75. The summed E-state index contributed by atoms with van der Waals surface area (Å²) in [5.41, 5.74) is 2.45. The lowest BCUT2D eigenvalue weighted by Crippen LogP contribution is -2.10. The van der Waals surface area contributed by atoms with Crippen molar-refractivity contribution in [3.8, 4) is 11.5 Å². The van der Waals surface area contributed by atoms with Gasteiger partial charge in [0.15, 0.2) is 11.5 Å². The van der Waals surface area contributed by atoms with Gasteiger partial charge >= 0.3 is 5.97 Å². The molecular formula is C20H24O3. The average molecular weight is 312 g/mol. The minimum absolute atomic E-state index is 0.245. The number of hydrogen-bond acceptors (Lipinski definition) is 3. The lowest BCUT2D eigenvalue weighted by molar-refractivity contribution is -0.134. The highest BCUT2D eigenvalue weighted by molar-refractivity contribution is 5.73. The molecule has 3 heteroatoms. The van der Waals surface area contributed by atoms with Crippen LogP contribution >= 0.6 is 0 Å². The van der Waals surface area contributed by atoms with E-state index in [1.54, 1.807) is 12.1 Å². The molecule has 0 fully saturated rings. The molecule has 0 aliphatic carbocycles. The molecule has 2 aromatic carbocycles. The van der Waals surface area contributed by atoms with Gasteiger partial charge in [0, 0.05) is 6.42 Å². The van der Waals surface area contributed by atoms with Crippen molar-refractivity contribution in [3.05, 3.63) is 59.7 Å². The Kier molecular flexibility index (Phi) is 6.21. The molecule has 0 radical (unpaired) electrons. The summed E-state index contributed by atoms with van der Waals surface area (Å²) in [4.78, 5) is 12.0. The van der Waals surface area contributed by atoms with Crippen molar-refractivity contribution >= 4 is 5.97 Å². The Morgan fingerprint density at radius 3 is 2.26 bits per heavy atom. The fraction of sp³-hybridized carbons (Fsp3) is 0.350. The maximum atomic E-state index is 12.0. The molecule has 0 aromatic heterocycles. The summed E-state index contributed by atoms with van der Waals surface area (Å²) >= 11 is 0. The monoisotopic (exact) mass is 312 g/mol. The van der Waals surface area contributed by atoms with Gasteiger partial charge in [0.1, 0.15) is 0 Å². The summed E-state index contributed by atoms with van der Waals surface area (Å²) in [5, 5.41) is 0. The molecule has 0 atom stereocenters. The number of esters is 1. The van der Waals surface area contributed by atoms with Crippen LogP contribution in [0.1, 0.15) is 44.2 Å². The number of rotatable bonds is 7. The van der Waals surface area contributed by atoms with E-state index in [1.165, 1.54) is 5.56 Å². The molecule has 0 unspecified atom stereocenters. The van der Waals surface area contributed by atoms with Crippen LogP contribution < -0.4 is 9.47 Å². The Labute approximate surface area is 138 Å². The first-order chi connectivity index (χ1) is 11.1. The molecular weight excluding hydrogens is 288 g/mol. The molecule has 0 saturated carbocycles. The third-order valence-corrected chi connectivity index (χ3v) is 3.64. The minimum Gasteiger partial charge on any atom is -0.490 e. The predicted molar refractivity (Wildman–Crippen MR) is 92.1 cm³/mol. The van der Waals surface area contributed by atoms with Crippen molar-refractivity contribution in [2.24, 2.45) is 0 Å². The van der Waals surface area contributed by atoms with Gasteiger partial charge in [-0.15, -0.1) is 0 Å². The summed E-state index contributed by atoms with van der Waals surface area (Å²) < 4.78 is 10.9. The van der Waals surface area contributed by atoms with Crippen LogP contribution in [-0.2, 0) is 11.2 Å². The minimum atomic E-state index is -0.245. The van der Waals surface area contributed by atoms with Crippen LogP contribution in [0, 0.1) is 0 Å². The van der Waals surface area contributed by atoms with Gasteiger partial charge in [-0.3, -0.25) is 4.79 Å². The largest absolute Gasteiger partial charge is 0.490 e. The van der Waals surface area contributed by atoms with Crippen LogP contribution in [0.4, 0.5) is 0 Å². The number of ether oxygens (including phenoxy) is 2. The fourth-order valence-electron chi connectivity index (χ4n) is 2.30. The van der Waals surface area contributed by atoms with Gasteiger partial charge in [-0.05, 0) is 42.5 Å². The lowest BCUT2D eigenvalue weighted by atomic mass is 10.0. The highest BCUT2D eigenvalue weighted by Gasteiger charge is 2.10. The van der Waals surface area contributed by atoms with E-state index < -0.39 is 0 Å². The molecule has 0 aliphatic heterocycles. The Morgan fingerprint density at radius 1 is 1.00 bits per heavy atom. The second kappa shape index (κ2) is 8.37. The van der Waals surface area contributed by atoms with E-state index in [1.807, 2.05) is 19.1 Å². The third-order valence-electron chi connectivity index (χ3n) is 3.64. The second-order valence-corrected chi connectivity index (χ2v) is 5.75. The molecule has 0 bridgehead atoms. The van der Waals surface area contributed by atoms with Gasteiger partial charge in [0.05, 0.1) is 6.61 Å². The quantitative estimate of drug-likeness (QED) is 0.547. The van der Waals surface area contributed by atoms with Crippen LogP contribution in [0.3, 0.4) is 0 Å². The van der Waals surface area contributed by atoms with Gasteiger partial charge in [-0.1, -0.05) is 50.2 Å². The maximum Gasteiger partial charge on any atom is 0.311 e. The smallest absolute Gasteiger partial charge is 0.311 e. The zero-order valence-corrected chi connectivity index (χ0v) is 14.0. The predicted octanol–water partition coefficient (Wildman–Crippen LogP) is 4.75. The third kappa shape index (κ3) is 5.13. The highest BCUT2D eigenvalue weighted by Crippen LogP contribution is 2.26. The van der Waals surface area contributed by atoms with Crippen molar-refractivity contribution in [2.45, 2.75) is 39.5 Å². The van der Waals surface area contributed by atoms with Crippen molar-refractivity contribution in [1.29, 1.82) is 0 Å². The fourth-order valence-corrected chi connectivity index (χ4v) is 2.30. The Bertz CT molecular complexity index is 630. The van der Waals surface area contributed by atoms with E-state index in [9.17, 15) is 4.79 Å². The average Bonchev–Trinajstić information content (AvgIpc) is 2.55. The normalized spacial score (nSPS) is 10.6. The van der Waals surface area contributed by atoms with Crippen molar-refractivity contribution < 1.29 is 14.3 Å². The number of aryl methyl sites for hydroxylation is 1. The van der Waals surface area contributed by atoms with Crippen LogP contribution in [0.5, 0.6) is 11.5 Å². The summed E-state index contributed by atoms with van der Waals surface area (Å²) in [7, 11) is 0. The Balaban J connectivity index is 1.90. The number of para-hydroxylation sites is 2. The molecule has 0 spiro atoms. The zero-order valence-electron chi connectivity index (χ0n) is 14.0. The summed E-state index contributed by atoms with van der Waals surface area (Å²) in [6, 6.07) is 15.6. The summed E-state index contributed by atoms with van der Waals surface area (Å²) in [6.07, 6.45) is 1.02. The van der Waals surface area contributed by atoms with E-state index in [-0.39, 0.29) is 5.97 Å². The first-order valence-electron chi connectivity index (χ1n) is 8.11. The molecule has 0 amide bonds. The summed E-state index contributed by atoms with van der Waals surface area (Å²) in [5.74, 6) is 1.35. The number of hydrogen-bond donors (Lipinski definition) is 0. The van der Waals surface area contributed by atoms with Crippen molar-refractivity contribution in [1.82, 2.24) is 0 Å². The van der Waals surface area contributed by atoms with Gasteiger partial charge in [-0.2, -0.15) is 0 Å². The van der Waals surface area contributed by atoms with Gasteiger partial charge in [0.2, 0.25) is 0 Å². The molecule has 122 valence electrons. The molecule has 3 nitrogen and oxygen atoms in total. The molecule has 2 aromatic rings. The van der Waals surface area contributed by atoms with E-state index in [0.717, 1.165) is 5.56 Å². The van der Waals surface area contributed by atoms with Crippen LogP contribution in [0.25, 0.3) is 0 Å². The molecule has 0 heterocycles. The van der Waals surface area contributed by atoms with Crippen molar-refractivity contribution in [2.75, 3.05) is 6.61 Å². The molecule has 0 aliphatic rings. The number of benzene rings is 2.